The second-order valence-corrected chi connectivity index (χ2v) is 10.8. The number of carbonyl (C=O) groups is 3. The van der Waals surface area contributed by atoms with Gasteiger partial charge in [0.05, 0.1) is 21.7 Å². The van der Waals surface area contributed by atoms with Crippen LogP contribution in [0.4, 0.5) is 11.4 Å². The van der Waals surface area contributed by atoms with Gasteiger partial charge in [0.25, 0.3) is 5.91 Å². The van der Waals surface area contributed by atoms with Gasteiger partial charge in [0.15, 0.2) is 6.61 Å². The molecule has 7 nitrogen and oxygen atoms in total. The molecule has 0 saturated carbocycles. The number of esters is 1. The molecular formula is C29H28Cl2N2O5. The lowest BCUT2D eigenvalue weighted by Gasteiger charge is -2.19. The summed E-state index contributed by atoms with van der Waals surface area (Å²) in [5.74, 6) is -0.715. The molecule has 1 N–H and O–H groups in total. The Morgan fingerprint density at radius 3 is 2.24 bits per heavy atom. The third-order valence-corrected chi connectivity index (χ3v) is 6.95. The van der Waals surface area contributed by atoms with Crippen LogP contribution in [0.1, 0.15) is 32.8 Å². The predicted octanol–water partition coefficient (Wildman–Crippen LogP) is 6.62. The molecule has 1 fully saturated rings. The minimum Gasteiger partial charge on any atom is -0.457 e. The highest BCUT2D eigenvalue weighted by atomic mass is 35.5. The second-order valence-electron chi connectivity index (χ2n) is 10.0. The molecule has 4 rings (SSSR count). The number of hydrogen-bond acceptors (Lipinski definition) is 5. The van der Waals surface area contributed by atoms with Crippen LogP contribution in [0, 0.1) is 5.92 Å². The normalized spacial score (nSPS) is 15.3. The zero-order valence-corrected chi connectivity index (χ0v) is 22.8. The molecule has 1 aliphatic heterocycles. The molecule has 2 amide bonds. The fourth-order valence-electron chi connectivity index (χ4n) is 4.01. The van der Waals surface area contributed by atoms with Crippen LogP contribution >= 0.6 is 23.2 Å². The lowest BCUT2D eigenvalue weighted by molar-refractivity contribution is -0.151. The first kappa shape index (κ1) is 27.5. The van der Waals surface area contributed by atoms with E-state index in [0.29, 0.717) is 27.9 Å². The Balaban J connectivity index is 1.30. The molecule has 0 aliphatic carbocycles. The van der Waals surface area contributed by atoms with Crippen molar-refractivity contribution in [2.75, 3.05) is 23.4 Å². The second kappa shape index (κ2) is 11.5. The van der Waals surface area contributed by atoms with Gasteiger partial charge in [0, 0.05) is 18.7 Å². The van der Waals surface area contributed by atoms with Crippen LogP contribution in [0.5, 0.6) is 11.5 Å². The van der Waals surface area contributed by atoms with Gasteiger partial charge in [0.2, 0.25) is 5.91 Å². The van der Waals surface area contributed by atoms with Crippen molar-refractivity contribution in [2.24, 2.45) is 5.92 Å². The fraction of sp³-hybridized carbons (Fsp3) is 0.276. The number of hydrogen-bond donors (Lipinski definition) is 1. The van der Waals surface area contributed by atoms with Crippen LogP contribution in [-0.2, 0) is 24.5 Å². The highest BCUT2D eigenvalue weighted by Crippen LogP contribution is 2.31. The first-order chi connectivity index (χ1) is 18.0. The Bertz CT molecular complexity index is 1330. The van der Waals surface area contributed by atoms with Crippen molar-refractivity contribution in [2.45, 2.75) is 32.6 Å². The van der Waals surface area contributed by atoms with Crippen molar-refractivity contribution in [1.29, 1.82) is 0 Å². The standard InChI is InChI=1S/C29H28Cl2N2O5/c1-29(2,3)19-7-11-21(12-8-19)38-22-13-9-20(10-14-22)33-16-18(15-26(33)35)28(36)37-17-25(34)32-24-6-4-5-23(30)27(24)31/h4-14,18H,15-17H2,1-3H3,(H,32,34)/t18-/m0/s1. The number of nitrogens with one attached hydrogen (secondary N) is 1. The number of anilines is 2. The van der Waals surface area contributed by atoms with E-state index < -0.39 is 24.4 Å². The fourth-order valence-corrected chi connectivity index (χ4v) is 4.36. The summed E-state index contributed by atoms with van der Waals surface area (Å²) in [6.45, 7) is 6.12. The molecule has 3 aromatic carbocycles. The minimum atomic E-state index is -0.678. The summed E-state index contributed by atoms with van der Waals surface area (Å²) in [7, 11) is 0. The number of halogens is 2. The molecule has 3 aromatic rings. The molecule has 0 unspecified atom stereocenters. The zero-order chi connectivity index (χ0) is 27.4. The number of nitrogens with zero attached hydrogens (tertiary/aromatic N) is 1. The van der Waals surface area contributed by atoms with E-state index in [-0.39, 0.29) is 29.3 Å². The lowest BCUT2D eigenvalue weighted by atomic mass is 9.87. The van der Waals surface area contributed by atoms with Crippen LogP contribution in [0.25, 0.3) is 0 Å². The van der Waals surface area contributed by atoms with Gasteiger partial charge in [-0.3, -0.25) is 14.4 Å². The van der Waals surface area contributed by atoms with Crippen molar-refractivity contribution in [3.05, 3.63) is 82.3 Å². The summed E-state index contributed by atoms with van der Waals surface area (Å²) < 4.78 is 11.1. The Morgan fingerprint density at radius 2 is 1.61 bits per heavy atom. The molecule has 0 aromatic heterocycles. The SMILES string of the molecule is CC(C)(C)c1ccc(Oc2ccc(N3C[C@@H](C(=O)OCC(=O)Nc4cccc(Cl)c4Cl)CC3=O)cc2)cc1. The molecule has 1 atom stereocenters. The van der Waals surface area contributed by atoms with Crippen LogP contribution in [0.15, 0.2) is 66.7 Å². The van der Waals surface area contributed by atoms with E-state index >= 15 is 0 Å². The third-order valence-electron chi connectivity index (χ3n) is 6.13. The zero-order valence-electron chi connectivity index (χ0n) is 21.3. The molecule has 1 aliphatic rings. The highest BCUT2D eigenvalue weighted by Gasteiger charge is 2.36. The van der Waals surface area contributed by atoms with Crippen molar-refractivity contribution in [3.8, 4) is 11.5 Å². The van der Waals surface area contributed by atoms with Gasteiger partial charge in [-0.2, -0.15) is 0 Å². The molecule has 0 bridgehead atoms. The van der Waals surface area contributed by atoms with E-state index in [2.05, 4.69) is 26.1 Å². The monoisotopic (exact) mass is 554 g/mol. The van der Waals surface area contributed by atoms with Crippen molar-refractivity contribution < 1.29 is 23.9 Å². The Hall–Kier alpha value is -3.55. The Morgan fingerprint density at radius 1 is 0.974 bits per heavy atom. The summed E-state index contributed by atoms with van der Waals surface area (Å²) in [4.78, 5) is 38.9. The van der Waals surface area contributed by atoms with Gasteiger partial charge in [-0.15, -0.1) is 0 Å². The molecule has 0 radical (unpaired) electrons. The van der Waals surface area contributed by atoms with Crippen molar-refractivity contribution in [1.82, 2.24) is 0 Å². The summed E-state index contributed by atoms with van der Waals surface area (Å²) in [6, 6.07) is 19.8. The summed E-state index contributed by atoms with van der Waals surface area (Å²) in [5, 5.41) is 3.04. The van der Waals surface area contributed by atoms with E-state index in [4.69, 9.17) is 32.7 Å². The number of amides is 2. The van der Waals surface area contributed by atoms with E-state index in [1.807, 2.05) is 24.3 Å². The summed E-state index contributed by atoms with van der Waals surface area (Å²) in [5.41, 5.74) is 2.24. The summed E-state index contributed by atoms with van der Waals surface area (Å²) >= 11 is 12.0. The average molecular weight is 555 g/mol. The first-order valence-corrected chi connectivity index (χ1v) is 12.9. The van der Waals surface area contributed by atoms with Crippen molar-refractivity contribution in [3.63, 3.8) is 0 Å². The third kappa shape index (κ3) is 6.65. The van der Waals surface area contributed by atoms with E-state index in [0.717, 1.165) is 0 Å². The van der Waals surface area contributed by atoms with Gasteiger partial charge in [-0.05, 0) is 59.5 Å². The molecule has 9 heteroatoms. The minimum absolute atomic E-state index is 0.00104. The van der Waals surface area contributed by atoms with Crippen LogP contribution in [0.3, 0.4) is 0 Å². The quantitative estimate of drug-likeness (QED) is 0.332. The summed E-state index contributed by atoms with van der Waals surface area (Å²) in [6.07, 6.45) is -0.00104. The van der Waals surface area contributed by atoms with Crippen LogP contribution in [-0.4, -0.2) is 30.9 Å². The maximum Gasteiger partial charge on any atom is 0.311 e. The van der Waals surface area contributed by atoms with Gasteiger partial charge < -0.3 is 19.7 Å². The van der Waals surface area contributed by atoms with E-state index in [9.17, 15) is 14.4 Å². The maximum absolute atomic E-state index is 12.6. The largest absolute Gasteiger partial charge is 0.457 e. The molecule has 198 valence electrons. The molecule has 1 heterocycles. The Kier molecular flexibility index (Phi) is 8.29. The maximum atomic E-state index is 12.6. The molecule has 0 spiro atoms. The predicted molar refractivity (Wildman–Crippen MR) is 148 cm³/mol. The molecule has 1 saturated heterocycles. The van der Waals surface area contributed by atoms with Crippen LogP contribution in [0.2, 0.25) is 10.0 Å². The van der Waals surface area contributed by atoms with Gasteiger partial charge in [0.1, 0.15) is 11.5 Å². The number of benzene rings is 3. The number of ether oxygens (including phenoxy) is 2. The van der Waals surface area contributed by atoms with E-state index in [1.54, 1.807) is 42.5 Å². The number of rotatable bonds is 7. The average Bonchev–Trinajstić information content (AvgIpc) is 3.27. The van der Waals surface area contributed by atoms with Crippen LogP contribution < -0.4 is 15.0 Å². The Labute approximate surface area is 231 Å². The lowest BCUT2D eigenvalue weighted by Crippen LogP contribution is -2.28. The topological polar surface area (TPSA) is 84.9 Å². The molecular weight excluding hydrogens is 527 g/mol. The highest BCUT2D eigenvalue weighted by molar-refractivity contribution is 6.44. The van der Waals surface area contributed by atoms with Crippen molar-refractivity contribution >= 4 is 52.4 Å². The molecule has 38 heavy (non-hydrogen) atoms. The van der Waals surface area contributed by atoms with Gasteiger partial charge in [-0.25, -0.2) is 0 Å². The number of carbonyl (C=O) groups excluding carboxylic acids is 3. The van der Waals surface area contributed by atoms with E-state index in [1.165, 1.54) is 10.5 Å². The van der Waals surface area contributed by atoms with Gasteiger partial charge >= 0.3 is 5.97 Å². The smallest absolute Gasteiger partial charge is 0.311 e. The first-order valence-electron chi connectivity index (χ1n) is 12.1. The van der Waals surface area contributed by atoms with Gasteiger partial charge in [-0.1, -0.05) is 62.2 Å².